The van der Waals surface area contributed by atoms with Crippen LogP contribution in [0.2, 0.25) is 0 Å². The topological polar surface area (TPSA) is 68.3 Å². The number of likely N-dealkylation sites (N-methyl/N-ethyl adjacent to an activating group) is 1. The zero-order valence-electron chi connectivity index (χ0n) is 18.8. The Morgan fingerprint density at radius 1 is 1.00 bits per heavy atom. The molecule has 0 saturated heterocycles. The normalized spacial score (nSPS) is 10.6. The highest BCUT2D eigenvalue weighted by atomic mass is 16.5. The van der Waals surface area contributed by atoms with Crippen molar-refractivity contribution in [1.82, 2.24) is 4.90 Å². The van der Waals surface area contributed by atoms with E-state index in [2.05, 4.69) is 0 Å². The quantitative estimate of drug-likeness (QED) is 0.429. The Morgan fingerprint density at radius 2 is 1.71 bits per heavy atom. The molecule has 7 heteroatoms. The van der Waals surface area contributed by atoms with Gasteiger partial charge in [0.2, 0.25) is 0 Å². The van der Waals surface area contributed by atoms with E-state index in [-0.39, 0.29) is 12.5 Å². The fourth-order valence-electron chi connectivity index (χ4n) is 2.78. The van der Waals surface area contributed by atoms with E-state index in [0.29, 0.717) is 24.7 Å². The molecule has 0 aliphatic rings. The van der Waals surface area contributed by atoms with Gasteiger partial charge in [-0.25, -0.2) is 4.79 Å². The molecule has 2 aromatic rings. The number of nitrogens with zero attached hydrogens (tertiary/aromatic N) is 2. The predicted molar refractivity (Wildman–Crippen MR) is 121 cm³/mol. The molecule has 0 unspecified atom stereocenters. The highest BCUT2D eigenvalue weighted by Gasteiger charge is 2.12. The minimum absolute atomic E-state index is 0.277. The third kappa shape index (κ3) is 7.37. The maximum atomic E-state index is 12.3. The summed E-state index contributed by atoms with van der Waals surface area (Å²) < 4.78 is 15.8. The number of anilines is 1. The predicted octanol–water partition coefficient (Wildman–Crippen LogP) is 3.37. The molecule has 0 saturated carbocycles. The number of rotatable bonds is 10. The summed E-state index contributed by atoms with van der Waals surface area (Å²) in [6.07, 6.45) is 2.88. The first-order valence-electron chi connectivity index (χ1n) is 10.00. The van der Waals surface area contributed by atoms with Crippen molar-refractivity contribution in [2.45, 2.75) is 13.5 Å². The molecule has 0 spiro atoms. The van der Waals surface area contributed by atoms with E-state index in [4.69, 9.17) is 14.2 Å². The second kappa shape index (κ2) is 11.6. The summed E-state index contributed by atoms with van der Waals surface area (Å²) in [7, 11) is 7.18. The molecule has 2 rings (SSSR count). The van der Waals surface area contributed by atoms with Crippen molar-refractivity contribution in [3.63, 3.8) is 0 Å². The number of hydrogen-bond donors (Lipinski definition) is 0. The number of ether oxygens (including phenoxy) is 3. The van der Waals surface area contributed by atoms with Gasteiger partial charge in [0.25, 0.3) is 5.91 Å². The smallest absolute Gasteiger partial charge is 0.331 e. The molecular weight excluding hydrogens is 396 g/mol. The summed E-state index contributed by atoms with van der Waals surface area (Å²) in [5.74, 6) is 0.341. The van der Waals surface area contributed by atoms with Gasteiger partial charge in [-0.3, -0.25) is 4.79 Å². The summed E-state index contributed by atoms with van der Waals surface area (Å²) in [6, 6.07) is 13.3. The monoisotopic (exact) mass is 426 g/mol. The summed E-state index contributed by atoms with van der Waals surface area (Å²) in [6.45, 7) is 2.54. The Balaban J connectivity index is 1.85. The molecule has 166 valence electrons. The second-order valence-electron chi connectivity index (χ2n) is 7.10. The lowest BCUT2D eigenvalue weighted by Crippen LogP contribution is -2.30. The van der Waals surface area contributed by atoms with Gasteiger partial charge in [0, 0.05) is 39.5 Å². The van der Waals surface area contributed by atoms with Crippen molar-refractivity contribution in [2.24, 2.45) is 0 Å². The fraction of sp³-hybridized carbons (Fsp3) is 0.333. The molecule has 1 amide bonds. The van der Waals surface area contributed by atoms with Gasteiger partial charge in [-0.05, 0) is 48.4 Å². The molecule has 31 heavy (non-hydrogen) atoms. The van der Waals surface area contributed by atoms with Crippen molar-refractivity contribution in [3.8, 4) is 11.5 Å². The van der Waals surface area contributed by atoms with E-state index in [1.165, 1.54) is 11.0 Å². The molecule has 0 atom stereocenters. The first kappa shape index (κ1) is 23.8. The van der Waals surface area contributed by atoms with Gasteiger partial charge >= 0.3 is 5.97 Å². The Labute approximate surface area is 183 Å². The second-order valence-corrected chi connectivity index (χ2v) is 7.10. The van der Waals surface area contributed by atoms with Gasteiger partial charge in [-0.15, -0.1) is 0 Å². The largest absolute Gasteiger partial charge is 0.493 e. The average molecular weight is 427 g/mol. The third-order valence-corrected chi connectivity index (χ3v) is 4.54. The highest BCUT2D eigenvalue weighted by Crippen LogP contribution is 2.28. The molecule has 0 N–H and O–H groups in total. The Kier molecular flexibility index (Phi) is 8.94. The maximum Gasteiger partial charge on any atom is 0.331 e. The number of carbonyl (C=O) groups excluding carboxylic acids is 2. The fourth-order valence-corrected chi connectivity index (χ4v) is 2.78. The van der Waals surface area contributed by atoms with Crippen LogP contribution in [-0.2, 0) is 20.9 Å². The van der Waals surface area contributed by atoms with Crippen LogP contribution in [0, 0.1) is 0 Å². The van der Waals surface area contributed by atoms with Crippen LogP contribution in [0.25, 0.3) is 6.08 Å². The molecule has 0 heterocycles. The summed E-state index contributed by atoms with van der Waals surface area (Å²) in [4.78, 5) is 27.8. The molecule has 0 aliphatic heterocycles. The van der Waals surface area contributed by atoms with Gasteiger partial charge in [0.05, 0.1) is 13.7 Å². The van der Waals surface area contributed by atoms with E-state index < -0.39 is 5.97 Å². The van der Waals surface area contributed by atoms with Gasteiger partial charge in [-0.2, -0.15) is 0 Å². The number of carbonyl (C=O) groups is 2. The van der Waals surface area contributed by atoms with Crippen molar-refractivity contribution in [3.05, 3.63) is 59.7 Å². The van der Waals surface area contributed by atoms with Crippen molar-refractivity contribution < 1.29 is 23.8 Å². The molecule has 0 fully saturated rings. The van der Waals surface area contributed by atoms with Crippen molar-refractivity contribution in [2.75, 3.05) is 46.4 Å². The molecule has 7 nitrogen and oxygen atoms in total. The average Bonchev–Trinajstić information content (AvgIpc) is 2.77. The van der Waals surface area contributed by atoms with E-state index in [9.17, 15) is 9.59 Å². The zero-order valence-corrected chi connectivity index (χ0v) is 18.8. The lowest BCUT2D eigenvalue weighted by Gasteiger charge is -2.18. The van der Waals surface area contributed by atoms with E-state index in [1.807, 2.05) is 50.2 Å². The van der Waals surface area contributed by atoms with Crippen LogP contribution in [0.5, 0.6) is 11.5 Å². The van der Waals surface area contributed by atoms with Crippen LogP contribution in [-0.4, -0.2) is 58.2 Å². The van der Waals surface area contributed by atoms with Gasteiger partial charge in [-0.1, -0.05) is 18.2 Å². The molecule has 0 aromatic heterocycles. The van der Waals surface area contributed by atoms with E-state index in [1.54, 1.807) is 38.4 Å². The molecule has 0 aliphatic carbocycles. The minimum atomic E-state index is -0.593. The molecule has 0 bridgehead atoms. The summed E-state index contributed by atoms with van der Waals surface area (Å²) in [5.41, 5.74) is 2.84. The molecule has 0 radical (unpaired) electrons. The lowest BCUT2D eigenvalue weighted by atomic mass is 10.2. The molecule has 2 aromatic carbocycles. The number of benzene rings is 2. The minimum Gasteiger partial charge on any atom is -0.493 e. The maximum absolute atomic E-state index is 12.3. The number of amides is 1. The van der Waals surface area contributed by atoms with Gasteiger partial charge in [0.15, 0.2) is 18.1 Å². The standard InChI is InChI=1S/C24H30N2O5/c1-6-30-21-13-9-18(15-22(21)29-5)10-14-24(28)31-17-23(27)26(4)16-19-7-11-20(12-8-19)25(2)3/h7-15H,6,16-17H2,1-5H3/b14-10+. The van der Waals surface area contributed by atoms with Gasteiger partial charge < -0.3 is 24.0 Å². The van der Waals surface area contributed by atoms with Crippen molar-refractivity contribution >= 4 is 23.6 Å². The van der Waals surface area contributed by atoms with Crippen LogP contribution in [0.3, 0.4) is 0 Å². The van der Waals surface area contributed by atoms with Crippen LogP contribution in [0.1, 0.15) is 18.1 Å². The van der Waals surface area contributed by atoms with Crippen molar-refractivity contribution in [1.29, 1.82) is 0 Å². The SMILES string of the molecule is CCOc1ccc(/C=C/C(=O)OCC(=O)N(C)Cc2ccc(N(C)C)cc2)cc1OC. The van der Waals surface area contributed by atoms with E-state index >= 15 is 0 Å². The van der Waals surface area contributed by atoms with Crippen LogP contribution >= 0.6 is 0 Å². The Hall–Kier alpha value is -3.48. The van der Waals surface area contributed by atoms with Crippen LogP contribution in [0.4, 0.5) is 5.69 Å². The summed E-state index contributed by atoms with van der Waals surface area (Å²) >= 11 is 0. The summed E-state index contributed by atoms with van der Waals surface area (Å²) in [5, 5.41) is 0. The molecular formula is C24H30N2O5. The zero-order chi connectivity index (χ0) is 22.8. The van der Waals surface area contributed by atoms with E-state index in [0.717, 1.165) is 16.8 Å². The highest BCUT2D eigenvalue weighted by molar-refractivity contribution is 5.89. The number of methoxy groups -OCH3 is 1. The first-order valence-corrected chi connectivity index (χ1v) is 10.00. The number of hydrogen-bond acceptors (Lipinski definition) is 6. The van der Waals surface area contributed by atoms with Gasteiger partial charge in [0.1, 0.15) is 0 Å². The number of esters is 1. The Bertz CT molecular complexity index is 907. The first-order chi connectivity index (χ1) is 14.8. The van der Waals surface area contributed by atoms with Crippen LogP contribution in [0.15, 0.2) is 48.5 Å². The lowest BCUT2D eigenvalue weighted by molar-refractivity contribution is -0.147. The third-order valence-electron chi connectivity index (χ3n) is 4.54. The Morgan fingerprint density at radius 3 is 2.32 bits per heavy atom. The van der Waals surface area contributed by atoms with Crippen LogP contribution < -0.4 is 14.4 Å².